The van der Waals surface area contributed by atoms with E-state index in [4.69, 9.17) is 14.9 Å². The molecule has 4 N–H and O–H groups in total. The number of ether oxygens (including phenoxy) is 1. The summed E-state index contributed by atoms with van der Waals surface area (Å²) < 4.78 is 10.9. The number of amides is 1. The van der Waals surface area contributed by atoms with E-state index in [2.05, 4.69) is 4.90 Å². The third kappa shape index (κ3) is 4.89. The Balaban J connectivity index is 2.01. The van der Waals surface area contributed by atoms with Gasteiger partial charge in [0, 0.05) is 12.5 Å². The van der Waals surface area contributed by atoms with Crippen LogP contribution in [0.3, 0.4) is 0 Å². The van der Waals surface area contributed by atoms with Crippen molar-refractivity contribution in [1.29, 1.82) is 0 Å². The molecule has 156 valence electrons. The van der Waals surface area contributed by atoms with E-state index in [-0.39, 0.29) is 23.7 Å². The molecular formula is C21H26N2O6. The van der Waals surface area contributed by atoms with E-state index in [1.54, 1.807) is 6.07 Å². The Kier molecular flexibility index (Phi) is 6.43. The number of phenolic OH excluding ortho intramolecular Hbond substituents is 1. The molecule has 1 aliphatic heterocycles. The summed E-state index contributed by atoms with van der Waals surface area (Å²) >= 11 is 0. The number of nitrogens with two attached hydrogens (primary N) is 1. The van der Waals surface area contributed by atoms with Crippen LogP contribution in [0.4, 0.5) is 0 Å². The molecular weight excluding hydrogens is 376 g/mol. The van der Waals surface area contributed by atoms with Gasteiger partial charge in [0.05, 0.1) is 19.6 Å². The van der Waals surface area contributed by atoms with Crippen molar-refractivity contribution in [1.82, 2.24) is 4.90 Å². The second-order valence-corrected chi connectivity index (χ2v) is 7.28. The Labute approximate surface area is 168 Å². The SMILES string of the molecule is COc1ccc([C@H](CC(N)=O)c2oc(CN3CCCCC3)cc(=O)c2O)cc1O. The molecule has 1 fully saturated rings. The zero-order chi connectivity index (χ0) is 21.0. The minimum atomic E-state index is -0.821. The second kappa shape index (κ2) is 9.00. The summed E-state index contributed by atoms with van der Waals surface area (Å²) in [6.07, 6.45) is 3.16. The number of piperidine rings is 1. The van der Waals surface area contributed by atoms with E-state index in [0.29, 0.717) is 17.9 Å². The number of hydrogen-bond donors (Lipinski definition) is 3. The first-order valence-corrected chi connectivity index (χ1v) is 9.62. The maximum atomic E-state index is 12.4. The van der Waals surface area contributed by atoms with Gasteiger partial charge in [-0.2, -0.15) is 0 Å². The molecule has 0 aliphatic carbocycles. The summed E-state index contributed by atoms with van der Waals surface area (Å²) in [5.41, 5.74) is 5.29. The lowest BCUT2D eigenvalue weighted by Gasteiger charge is -2.26. The number of methoxy groups -OCH3 is 1. The maximum Gasteiger partial charge on any atom is 0.227 e. The molecule has 2 aromatic rings. The summed E-state index contributed by atoms with van der Waals surface area (Å²) in [4.78, 5) is 26.3. The van der Waals surface area contributed by atoms with E-state index in [1.807, 2.05) is 0 Å². The van der Waals surface area contributed by atoms with Crippen molar-refractivity contribution >= 4 is 5.91 Å². The van der Waals surface area contributed by atoms with Crippen LogP contribution in [0.15, 0.2) is 33.5 Å². The second-order valence-electron chi connectivity index (χ2n) is 7.28. The maximum absolute atomic E-state index is 12.4. The molecule has 8 heteroatoms. The van der Waals surface area contributed by atoms with Crippen LogP contribution in [0.2, 0.25) is 0 Å². The molecule has 0 bridgehead atoms. The number of rotatable bonds is 7. The number of carbonyl (C=O) groups is 1. The normalized spacial score (nSPS) is 15.8. The van der Waals surface area contributed by atoms with Crippen LogP contribution in [-0.4, -0.2) is 41.2 Å². The third-order valence-corrected chi connectivity index (χ3v) is 5.16. The summed E-state index contributed by atoms with van der Waals surface area (Å²) in [6, 6.07) is 5.84. The predicted molar refractivity (Wildman–Crippen MR) is 106 cm³/mol. The molecule has 1 saturated heterocycles. The lowest BCUT2D eigenvalue weighted by atomic mass is 9.91. The summed E-state index contributed by atoms with van der Waals surface area (Å²) in [5.74, 6) is -1.51. The van der Waals surface area contributed by atoms with Gasteiger partial charge >= 0.3 is 0 Å². The number of likely N-dealkylation sites (tertiary alicyclic amines) is 1. The Morgan fingerprint density at radius 1 is 1.24 bits per heavy atom. The zero-order valence-corrected chi connectivity index (χ0v) is 16.4. The highest BCUT2D eigenvalue weighted by atomic mass is 16.5. The number of primary amides is 1. The molecule has 1 aliphatic rings. The van der Waals surface area contributed by atoms with E-state index in [1.165, 1.54) is 31.7 Å². The molecule has 0 radical (unpaired) electrons. The number of hydrogen-bond acceptors (Lipinski definition) is 7. The number of nitrogens with zero attached hydrogens (tertiary/aromatic N) is 1. The topological polar surface area (TPSA) is 126 Å². The van der Waals surface area contributed by atoms with Crippen LogP contribution in [0.1, 0.15) is 48.7 Å². The van der Waals surface area contributed by atoms with Gasteiger partial charge < -0.3 is 25.1 Å². The molecule has 1 atom stereocenters. The molecule has 8 nitrogen and oxygen atoms in total. The van der Waals surface area contributed by atoms with E-state index in [0.717, 1.165) is 25.9 Å². The highest BCUT2D eigenvalue weighted by Gasteiger charge is 2.26. The number of carbonyl (C=O) groups excluding carboxylic acids is 1. The molecule has 0 spiro atoms. The van der Waals surface area contributed by atoms with Crippen molar-refractivity contribution in [3.05, 3.63) is 51.6 Å². The summed E-state index contributed by atoms with van der Waals surface area (Å²) in [5, 5.41) is 20.5. The lowest BCUT2D eigenvalue weighted by molar-refractivity contribution is -0.118. The van der Waals surface area contributed by atoms with Gasteiger partial charge in [-0.05, 0) is 43.6 Å². The van der Waals surface area contributed by atoms with E-state index < -0.39 is 23.0 Å². The van der Waals surface area contributed by atoms with E-state index in [9.17, 15) is 19.8 Å². The lowest BCUT2D eigenvalue weighted by Crippen LogP contribution is -2.29. The molecule has 2 heterocycles. The predicted octanol–water partition coefficient (Wildman–Crippen LogP) is 2.05. The Morgan fingerprint density at radius 3 is 2.59 bits per heavy atom. The van der Waals surface area contributed by atoms with Crippen LogP contribution >= 0.6 is 0 Å². The first-order valence-electron chi connectivity index (χ1n) is 9.62. The molecule has 3 rings (SSSR count). The fraction of sp³-hybridized carbons (Fsp3) is 0.429. The van der Waals surface area contributed by atoms with Gasteiger partial charge in [-0.25, -0.2) is 0 Å². The number of benzene rings is 1. The van der Waals surface area contributed by atoms with Crippen molar-refractivity contribution in [2.24, 2.45) is 5.73 Å². The van der Waals surface area contributed by atoms with E-state index >= 15 is 0 Å². The van der Waals surface area contributed by atoms with Crippen LogP contribution in [0.5, 0.6) is 17.2 Å². The largest absolute Gasteiger partial charge is 0.504 e. The van der Waals surface area contributed by atoms with Gasteiger partial charge in [-0.1, -0.05) is 12.5 Å². The van der Waals surface area contributed by atoms with Crippen molar-refractivity contribution in [2.75, 3.05) is 20.2 Å². The van der Waals surface area contributed by atoms with Crippen molar-refractivity contribution in [3.63, 3.8) is 0 Å². The van der Waals surface area contributed by atoms with Crippen LogP contribution in [0, 0.1) is 0 Å². The Bertz CT molecular complexity index is 933. The molecule has 0 unspecified atom stereocenters. The summed E-state index contributed by atoms with van der Waals surface area (Å²) in [6.45, 7) is 2.27. The molecule has 1 aromatic carbocycles. The highest BCUT2D eigenvalue weighted by Crippen LogP contribution is 2.37. The van der Waals surface area contributed by atoms with Crippen LogP contribution in [0.25, 0.3) is 0 Å². The Hall–Kier alpha value is -3.00. The van der Waals surface area contributed by atoms with Gasteiger partial charge in [0.1, 0.15) is 5.76 Å². The van der Waals surface area contributed by atoms with Gasteiger partial charge in [0.15, 0.2) is 17.3 Å². The first-order chi connectivity index (χ1) is 13.9. The van der Waals surface area contributed by atoms with Gasteiger partial charge in [-0.3, -0.25) is 14.5 Å². The number of aromatic hydroxyl groups is 2. The minimum Gasteiger partial charge on any atom is -0.504 e. The Morgan fingerprint density at radius 2 is 1.97 bits per heavy atom. The zero-order valence-electron chi connectivity index (χ0n) is 16.4. The molecule has 1 aromatic heterocycles. The monoisotopic (exact) mass is 402 g/mol. The molecule has 1 amide bonds. The summed E-state index contributed by atoms with van der Waals surface area (Å²) in [7, 11) is 1.42. The van der Waals surface area contributed by atoms with Crippen molar-refractivity contribution in [3.8, 4) is 17.2 Å². The first kappa shape index (κ1) is 20.7. The quantitative estimate of drug-likeness (QED) is 0.647. The number of phenols is 1. The van der Waals surface area contributed by atoms with Crippen molar-refractivity contribution < 1.29 is 24.2 Å². The van der Waals surface area contributed by atoms with Gasteiger partial charge in [0.25, 0.3) is 0 Å². The smallest absolute Gasteiger partial charge is 0.227 e. The fourth-order valence-electron chi connectivity index (χ4n) is 3.69. The van der Waals surface area contributed by atoms with Gasteiger partial charge in [0.2, 0.25) is 17.1 Å². The fourth-order valence-corrected chi connectivity index (χ4v) is 3.69. The average Bonchev–Trinajstić information content (AvgIpc) is 2.69. The highest BCUT2D eigenvalue weighted by molar-refractivity contribution is 5.75. The molecule has 29 heavy (non-hydrogen) atoms. The van der Waals surface area contributed by atoms with Crippen LogP contribution < -0.4 is 15.9 Å². The standard InChI is InChI=1S/C21H26N2O6/c1-28-18-6-5-13(9-16(18)24)15(11-19(22)26)21-20(27)17(25)10-14(29-21)12-23-7-3-2-4-8-23/h5-6,9-10,15,24,27H,2-4,7-8,11-12H2,1H3,(H2,22,26)/t15-/m0/s1. The van der Waals surface area contributed by atoms with Crippen LogP contribution in [-0.2, 0) is 11.3 Å². The molecule has 0 saturated carbocycles. The minimum absolute atomic E-state index is 0.0344. The average molecular weight is 402 g/mol. The van der Waals surface area contributed by atoms with Gasteiger partial charge in [-0.15, -0.1) is 0 Å². The third-order valence-electron chi connectivity index (χ3n) is 5.16. The van der Waals surface area contributed by atoms with Crippen molar-refractivity contribution in [2.45, 2.75) is 38.1 Å².